The molecule has 0 heterocycles. The van der Waals surface area contributed by atoms with E-state index in [9.17, 15) is 9.59 Å². The van der Waals surface area contributed by atoms with E-state index < -0.39 is 12.6 Å². The molecule has 0 aliphatic rings. The minimum atomic E-state index is -1.07. The van der Waals surface area contributed by atoms with Crippen molar-refractivity contribution in [2.75, 3.05) is 20.3 Å². The molecule has 0 aliphatic heterocycles. The van der Waals surface area contributed by atoms with Crippen molar-refractivity contribution >= 4 is 11.8 Å². The molecule has 1 N–H and O–H groups in total. The highest BCUT2D eigenvalue weighted by molar-refractivity contribution is 5.97. The molecule has 0 aliphatic carbocycles. The molecule has 0 fully saturated rings. The van der Waals surface area contributed by atoms with Gasteiger partial charge in [0.15, 0.2) is 19.0 Å². The number of methoxy groups -OCH3 is 1. The lowest BCUT2D eigenvalue weighted by Crippen LogP contribution is -2.12. The third kappa shape index (κ3) is 5.03. The van der Waals surface area contributed by atoms with Gasteiger partial charge in [0.25, 0.3) is 0 Å². The van der Waals surface area contributed by atoms with Gasteiger partial charge in [0, 0.05) is 11.6 Å². The van der Waals surface area contributed by atoms with Crippen LogP contribution < -0.4 is 14.2 Å². The zero-order valence-electron chi connectivity index (χ0n) is 12.5. The van der Waals surface area contributed by atoms with Crippen molar-refractivity contribution in [2.24, 2.45) is 0 Å². The van der Waals surface area contributed by atoms with Crippen molar-refractivity contribution in [1.29, 1.82) is 0 Å². The molecule has 6 heteroatoms. The maximum Gasteiger partial charge on any atom is 0.341 e. The molecule has 0 saturated carbocycles. The second kappa shape index (κ2) is 7.84. The third-order valence-electron chi connectivity index (χ3n) is 2.93. The zero-order valence-corrected chi connectivity index (χ0v) is 12.5. The Labute approximate surface area is 133 Å². The van der Waals surface area contributed by atoms with Crippen molar-refractivity contribution in [2.45, 2.75) is 0 Å². The number of carboxylic acid groups (broad SMARTS) is 1. The van der Waals surface area contributed by atoms with Crippen LogP contribution in [-0.4, -0.2) is 37.2 Å². The minimum Gasteiger partial charge on any atom is -0.497 e. The summed E-state index contributed by atoms with van der Waals surface area (Å²) < 4.78 is 15.5. The number of carboxylic acids is 1. The minimum absolute atomic E-state index is 0.143. The first-order chi connectivity index (χ1) is 11.1. The van der Waals surface area contributed by atoms with Crippen LogP contribution in [0, 0.1) is 0 Å². The lowest BCUT2D eigenvalue weighted by Gasteiger charge is -2.08. The summed E-state index contributed by atoms with van der Waals surface area (Å²) in [6.07, 6.45) is 0. The first-order valence-corrected chi connectivity index (χ1v) is 6.83. The molecular weight excluding hydrogens is 300 g/mol. The normalized spacial score (nSPS) is 9.96. The van der Waals surface area contributed by atoms with Crippen LogP contribution >= 0.6 is 0 Å². The summed E-state index contributed by atoms with van der Waals surface area (Å²) in [6, 6.07) is 13.3. The van der Waals surface area contributed by atoms with Crippen LogP contribution in [0.2, 0.25) is 0 Å². The van der Waals surface area contributed by atoms with Crippen molar-refractivity contribution in [3.05, 3.63) is 54.1 Å². The third-order valence-corrected chi connectivity index (χ3v) is 2.93. The van der Waals surface area contributed by atoms with Gasteiger partial charge in [0.2, 0.25) is 0 Å². The number of ketones is 1. The number of Topliss-reactive ketones (excluding diaryl/α,β-unsaturated/α-hetero) is 1. The number of hydrogen-bond donors (Lipinski definition) is 1. The van der Waals surface area contributed by atoms with Crippen LogP contribution in [0.3, 0.4) is 0 Å². The predicted molar refractivity (Wildman–Crippen MR) is 82.4 cm³/mol. The molecule has 0 atom stereocenters. The second-order valence-corrected chi connectivity index (χ2v) is 4.60. The van der Waals surface area contributed by atoms with Crippen molar-refractivity contribution in [1.82, 2.24) is 0 Å². The first-order valence-electron chi connectivity index (χ1n) is 6.83. The first kappa shape index (κ1) is 16.4. The fourth-order valence-electron chi connectivity index (χ4n) is 1.83. The Morgan fingerprint density at radius 1 is 0.913 bits per heavy atom. The van der Waals surface area contributed by atoms with Crippen LogP contribution in [0.25, 0.3) is 0 Å². The molecule has 0 unspecified atom stereocenters. The smallest absolute Gasteiger partial charge is 0.341 e. The van der Waals surface area contributed by atoms with Gasteiger partial charge in [0.05, 0.1) is 7.11 Å². The summed E-state index contributed by atoms with van der Waals surface area (Å²) >= 11 is 0. The number of rotatable bonds is 8. The highest BCUT2D eigenvalue weighted by Crippen LogP contribution is 2.20. The molecule has 0 radical (unpaired) electrons. The van der Waals surface area contributed by atoms with Gasteiger partial charge in [-0.15, -0.1) is 0 Å². The average Bonchev–Trinajstić information content (AvgIpc) is 2.58. The number of ether oxygens (including phenoxy) is 3. The van der Waals surface area contributed by atoms with Crippen molar-refractivity contribution < 1.29 is 28.9 Å². The van der Waals surface area contributed by atoms with Crippen molar-refractivity contribution in [3.63, 3.8) is 0 Å². The fraction of sp³-hybridized carbons (Fsp3) is 0.176. The van der Waals surface area contributed by atoms with Gasteiger partial charge in [-0.3, -0.25) is 4.79 Å². The Morgan fingerprint density at radius 2 is 1.52 bits per heavy atom. The Morgan fingerprint density at radius 3 is 2.17 bits per heavy atom. The van der Waals surface area contributed by atoms with Crippen LogP contribution in [0.1, 0.15) is 10.4 Å². The Kier molecular flexibility index (Phi) is 5.57. The molecule has 120 valence electrons. The van der Waals surface area contributed by atoms with Gasteiger partial charge in [-0.2, -0.15) is 0 Å². The lowest BCUT2D eigenvalue weighted by molar-refractivity contribution is -0.139. The topological polar surface area (TPSA) is 82.1 Å². The van der Waals surface area contributed by atoms with E-state index in [0.717, 1.165) is 0 Å². The lowest BCUT2D eigenvalue weighted by atomic mass is 10.1. The molecule has 0 aromatic heterocycles. The van der Waals surface area contributed by atoms with E-state index in [0.29, 0.717) is 22.8 Å². The standard InChI is InChI=1S/C17H16O6/c1-21-13-5-2-4-12(8-13)16(18)10-22-14-6-3-7-15(9-14)23-11-17(19)20/h2-9H,10-11H2,1H3,(H,19,20). The largest absolute Gasteiger partial charge is 0.497 e. The summed E-state index contributed by atoms with van der Waals surface area (Å²) in [5.74, 6) is 0.119. The number of carbonyl (C=O) groups excluding carboxylic acids is 1. The van der Waals surface area contributed by atoms with E-state index >= 15 is 0 Å². The van der Waals surface area contributed by atoms with E-state index in [1.807, 2.05) is 0 Å². The van der Waals surface area contributed by atoms with E-state index in [1.54, 1.807) is 42.5 Å². The zero-order chi connectivity index (χ0) is 16.7. The maximum atomic E-state index is 12.1. The SMILES string of the molecule is COc1cccc(C(=O)COc2cccc(OCC(=O)O)c2)c1. The molecule has 2 aromatic carbocycles. The molecule has 2 rings (SSSR count). The van der Waals surface area contributed by atoms with Gasteiger partial charge >= 0.3 is 5.97 Å². The summed E-state index contributed by atoms with van der Waals surface area (Å²) in [5, 5.41) is 8.58. The highest BCUT2D eigenvalue weighted by Gasteiger charge is 2.08. The monoisotopic (exact) mass is 316 g/mol. The van der Waals surface area contributed by atoms with E-state index in [1.165, 1.54) is 13.2 Å². The number of aliphatic carboxylic acids is 1. The van der Waals surface area contributed by atoms with Crippen molar-refractivity contribution in [3.8, 4) is 17.2 Å². The maximum absolute atomic E-state index is 12.1. The Hall–Kier alpha value is -3.02. The molecular formula is C17H16O6. The summed E-state index contributed by atoms with van der Waals surface area (Å²) in [6.45, 7) is -0.582. The number of hydrogen-bond acceptors (Lipinski definition) is 5. The molecule has 2 aromatic rings. The van der Waals surface area contributed by atoms with E-state index in [-0.39, 0.29) is 12.4 Å². The van der Waals surface area contributed by atoms with Gasteiger partial charge in [-0.1, -0.05) is 18.2 Å². The quantitative estimate of drug-likeness (QED) is 0.753. The van der Waals surface area contributed by atoms with Crippen LogP contribution in [0.5, 0.6) is 17.2 Å². The molecule has 0 spiro atoms. The fourth-order valence-corrected chi connectivity index (χ4v) is 1.83. The number of carbonyl (C=O) groups is 2. The Bertz CT molecular complexity index is 695. The van der Waals surface area contributed by atoms with Gasteiger partial charge < -0.3 is 19.3 Å². The van der Waals surface area contributed by atoms with Crippen LogP contribution in [0.4, 0.5) is 0 Å². The van der Waals surface area contributed by atoms with Crippen LogP contribution in [0.15, 0.2) is 48.5 Å². The predicted octanol–water partition coefficient (Wildman–Crippen LogP) is 2.42. The molecule has 6 nitrogen and oxygen atoms in total. The van der Waals surface area contributed by atoms with E-state index in [4.69, 9.17) is 19.3 Å². The highest BCUT2D eigenvalue weighted by atomic mass is 16.5. The molecule has 0 amide bonds. The number of benzene rings is 2. The molecule has 0 bridgehead atoms. The summed E-state index contributed by atoms with van der Waals surface area (Å²) in [5.41, 5.74) is 0.489. The average molecular weight is 316 g/mol. The second-order valence-electron chi connectivity index (χ2n) is 4.60. The van der Waals surface area contributed by atoms with Gasteiger partial charge in [-0.05, 0) is 24.3 Å². The molecule has 23 heavy (non-hydrogen) atoms. The summed E-state index contributed by atoms with van der Waals surface area (Å²) in [7, 11) is 1.53. The van der Waals surface area contributed by atoms with Crippen LogP contribution in [-0.2, 0) is 4.79 Å². The van der Waals surface area contributed by atoms with Gasteiger partial charge in [-0.25, -0.2) is 4.79 Å². The van der Waals surface area contributed by atoms with E-state index in [2.05, 4.69) is 0 Å². The molecule has 0 saturated heterocycles. The summed E-state index contributed by atoms with van der Waals surface area (Å²) in [4.78, 5) is 22.6. The van der Waals surface area contributed by atoms with Gasteiger partial charge in [0.1, 0.15) is 17.2 Å². The Balaban J connectivity index is 1.95.